The normalized spacial score (nSPS) is 10.4. The third kappa shape index (κ3) is 1.53. The van der Waals surface area contributed by atoms with Crippen molar-refractivity contribution in [1.82, 2.24) is 0 Å². The van der Waals surface area contributed by atoms with E-state index in [1.165, 1.54) is 26.5 Å². The Balaban J connectivity index is 3.46. The van der Waals surface area contributed by atoms with Gasteiger partial charge in [-0.15, -0.1) is 0 Å². The van der Waals surface area contributed by atoms with E-state index in [1.807, 2.05) is 0 Å². The second kappa shape index (κ2) is 3.05. The third-order valence-corrected chi connectivity index (χ3v) is 2.74. The van der Waals surface area contributed by atoms with Gasteiger partial charge >= 0.3 is 78.0 Å². The van der Waals surface area contributed by atoms with Crippen LogP contribution in [-0.2, 0) is 0 Å². The average molecular weight is 140 g/mol. The monoisotopic (exact) mass is 140 g/mol. The van der Waals surface area contributed by atoms with Crippen LogP contribution in [0.3, 0.4) is 0 Å². The van der Waals surface area contributed by atoms with E-state index in [4.69, 9.17) is 0 Å². The van der Waals surface area contributed by atoms with Crippen molar-refractivity contribution < 1.29 is 0 Å². The van der Waals surface area contributed by atoms with E-state index < -0.39 is 0 Å². The van der Waals surface area contributed by atoms with Crippen molar-refractivity contribution in [3.8, 4) is 0 Å². The molecule has 1 heteroatoms. The summed E-state index contributed by atoms with van der Waals surface area (Å²) in [7, 11) is 0. The molecule has 54 valence electrons. The van der Waals surface area contributed by atoms with Gasteiger partial charge in [-0.1, -0.05) is 0 Å². The van der Waals surface area contributed by atoms with Crippen LogP contribution in [0.2, 0.25) is 0 Å². The Bertz CT molecular complexity index is 261. The summed E-state index contributed by atoms with van der Waals surface area (Å²) < 4.78 is 1.44. The molecule has 0 nitrogen and oxygen atoms in total. The average Bonchev–Trinajstić information content (AvgIpc) is 1.97. The van der Waals surface area contributed by atoms with Gasteiger partial charge in [0.2, 0.25) is 0 Å². The van der Waals surface area contributed by atoms with E-state index >= 15 is 0 Å². The Morgan fingerprint density at radius 1 is 0.909 bits per heavy atom. The molecule has 1 aromatic carbocycles. The molecule has 0 bridgehead atoms. The third-order valence-electron chi connectivity index (χ3n) is 2.74. The number of benzene rings is 1. The number of rotatable bonds is 0. The van der Waals surface area contributed by atoms with E-state index in [2.05, 4.69) is 51.5 Å². The van der Waals surface area contributed by atoms with E-state index in [1.54, 1.807) is 0 Å². The molecule has 0 spiro atoms. The first-order valence-electron chi connectivity index (χ1n) is 4.08. The summed E-state index contributed by atoms with van der Waals surface area (Å²) in [4.78, 5) is 0. The minimum absolute atomic E-state index is 1.41. The van der Waals surface area contributed by atoms with Crippen molar-refractivity contribution in [2.45, 2.75) is 27.7 Å². The van der Waals surface area contributed by atoms with Gasteiger partial charge in [-0.2, -0.15) is 0 Å². The Hall–Kier alpha value is -0.183. The molecular weight excluding hydrogens is 127 g/mol. The fourth-order valence-electron chi connectivity index (χ4n) is 1.41. The molecule has 0 aliphatic rings. The van der Waals surface area contributed by atoms with E-state index in [-0.39, 0.29) is 0 Å². The minimum atomic E-state index is 1.41. The summed E-state index contributed by atoms with van der Waals surface area (Å²) in [6.45, 7) is 8.74. The fourth-order valence-corrected chi connectivity index (χ4v) is 1.41. The molecule has 0 saturated carbocycles. The molecule has 0 unspecified atom stereocenters. The summed E-state index contributed by atoms with van der Waals surface area (Å²) in [5.74, 6) is 0. The predicted molar refractivity (Wildman–Crippen MR) is 50.8 cm³/mol. The van der Waals surface area contributed by atoms with Crippen LogP contribution in [0.5, 0.6) is 0 Å². The van der Waals surface area contributed by atoms with Crippen LogP contribution in [0.1, 0.15) is 22.3 Å². The molecule has 1 rings (SSSR count). The van der Waals surface area contributed by atoms with E-state index in [9.17, 15) is 0 Å². The molecule has 0 atom stereocenters. The zero-order chi connectivity index (χ0) is 8.59. The van der Waals surface area contributed by atoms with Crippen LogP contribution in [-0.4, -0.2) is 17.7 Å². The van der Waals surface area contributed by atoms with Gasteiger partial charge in [0.25, 0.3) is 0 Å². The summed E-state index contributed by atoms with van der Waals surface area (Å²) in [5.41, 5.74) is 5.70. The standard InChI is InChI=1S/C10H13.Li/c1-7-5-8(2)10(4)9(3)6-7;/h5H,1-4H3;. The second-order valence-electron chi connectivity index (χ2n) is 3.39. The van der Waals surface area contributed by atoms with Crippen molar-refractivity contribution in [2.24, 2.45) is 0 Å². The zero-order valence-corrected chi connectivity index (χ0v) is 8.08. The quantitative estimate of drug-likeness (QED) is 0.481. The van der Waals surface area contributed by atoms with Crippen LogP contribution < -0.4 is 4.24 Å². The predicted octanol–water partition coefficient (Wildman–Crippen LogP) is 1.71. The Morgan fingerprint density at radius 3 is 2.00 bits per heavy atom. The van der Waals surface area contributed by atoms with Gasteiger partial charge in [-0.05, 0) is 0 Å². The number of hydrogen-bond acceptors (Lipinski definition) is 0. The molecule has 0 N–H and O–H groups in total. The van der Waals surface area contributed by atoms with Crippen molar-refractivity contribution >= 4 is 22.0 Å². The van der Waals surface area contributed by atoms with Crippen LogP contribution in [0.4, 0.5) is 0 Å². The van der Waals surface area contributed by atoms with Crippen molar-refractivity contribution in [3.63, 3.8) is 0 Å². The van der Waals surface area contributed by atoms with Crippen molar-refractivity contribution in [3.05, 3.63) is 28.3 Å². The summed E-state index contributed by atoms with van der Waals surface area (Å²) in [5, 5.41) is 0. The number of hydrogen-bond donors (Lipinski definition) is 0. The van der Waals surface area contributed by atoms with Crippen LogP contribution >= 0.6 is 0 Å². The maximum absolute atomic E-state index is 2.26. The Labute approximate surface area is 78.2 Å². The molecule has 0 aromatic heterocycles. The fraction of sp³-hybridized carbons (Fsp3) is 0.400. The SMILES string of the molecule is [Li][c]1c(C)cc(C)c(C)c1C. The number of aryl methyl sites for hydroxylation is 2. The maximum atomic E-state index is 2.26. The molecule has 0 saturated heterocycles. The Kier molecular flexibility index (Phi) is 2.47. The van der Waals surface area contributed by atoms with Gasteiger partial charge in [0.1, 0.15) is 0 Å². The first-order valence-corrected chi connectivity index (χ1v) is 4.08. The van der Waals surface area contributed by atoms with E-state index in [0.717, 1.165) is 0 Å². The first kappa shape index (κ1) is 8.91. The van der Waals surface area contributed by atoms with Gasteiger partial charge in [0.05, 0.1) is 0 Å². The van der Waals surface area contributed by atoms with Gasteiger partial charge in [-0.25, -0.2) is 0 Å². The molecule has 1 aromatic rings. The topological polar surface area (TPSA) is 0 Å². The molecule has 0 radical (unpaired) electrons. The van der Waals surface area contributed by atoms with Gasteiger partial charge < -0.3 is 0 Å². The summed E-state index contributed by atoms with van der Waals surface area (Å²) in [6, 6.07) is 2.26. The summed E-state index contributed by atoms with van der Waals surface area (Å²) in [6.07, 6.45) is 0. The molecule has 0 amide bonds. The van der Waals surface area contributed by atoms with Gasteiger partial charge in [0, 0.05) is 0 Å². The molecule has 0 aliphatic heterocycles. The van der Waals surface area contributed by atoms with Crippen LogP contribution in [0.15, 0.2) is 6.07 Å². The van der Waals surface area contributed by atoms with E-state index in [0.29, 0.717) is 0 Å². The second-order valence-corrected chi connectivity index (χ2v) is 3.39. The first-order chi connectivity index (χ1) is 5.04. The van der Waals surface area contributed by atoms with Crippen molar-refractivity contribution in [2.75, 3.05) is 0 Å². The van der Waals surface area contributed by atoms with Crippen LogP contribution in [0.25, 0.3) is 0 Å². The van der Waals surface area contributed by atoms with Gasteiger partial charge in [-0.3, -0.25) is 0 Å². The molecular formula is C10H13Li. The van der Waals surface area contributed by atoms with Gasteiger partial charge in [0.15, 0.2) is 0 Å². The molecule has 0 heterocycles. The zero-order valence-electron chi connectivity index (χ0n) is 8.08. The van der Waals surface area contributed by atoms with Crippen LogP contribution in [0, 0.1) is 27.7 Å². The Morgan fingerprint density at radius 2 is 1.45 bits per heavy atom. The summed E-state index contributed by atoms with van der Waals surface area (Å²) >= 11 is 2.19. The molecule has 0 aliphatic carbocycles. The van der Waals surface area contributed by atoms with Crippen molar-refractivity contribution in [1.29, 1.82) is 0 Å². The molecule has 0 fully saturated rings. The molecule has 11 heavy (non-hydrogen) atoms.